The van der Waals surface area contributed by atoms with Crippen molar-refractivity contribution in [3.8, 4) is 0 Å². The van der Waals surface area contributed by atoms with Crippen molar-refractivity contribution in [3.63, 3.8) is 0 Å². The molecule has 5 nitrogen and oxygen atoms in total. The highest BCUT2D eigenvalue weighted by Crippen LogP contribution is 2.14. The van der Waals surface area contributed by atoms with Crippen molar-refractivity contribution in [3.05, 3.63) is 65.7 Å². The van der Waals surface area contributed by atoms with E-state index in [9.17, 15) is 9.59 Å². The lowest BCUT2D eigenvalue weighted by molar-refractivity contribution is -0.121. The summed E-state index contributed by atoms with van der Waals surface area (Å²) in [6, 6.07) is 16.9. The molecule has 1 N–H and O–H groups in total. The number of rotatable bonds is 4. The van der Waals surface area contributed by atoms with E-state index in [-0.39, 0.29) is 17.9 Å². The van der Waals surface area contributed by atoms with Crippen molar-refractivity contribution in [1.82, 2.24) is 9.80 Å². The van der Waals surface area contributed by atoms with Crippen LogP contribution in [0.2, 0.25) is 0 Å². The van der Waals surface area contributed by atoms with Crippen LogP contribution in [0.3, 0.4) is 0 Å². The molecule has 2 aromatic rings. The first kappa shape index (κ1) is 18.1. The average molecular weight is 351 g/mol. The Kier molecular flexibility index (Phi) is 5.68. The summed E-state index contributed by atoms with van der Waals surface area (Å²) < 4.78 is 0. The van der Waals surface area contributed by atoms with Crippen LogP contribution in [0.4, 0.5) is 5.69 Å². The molecule has 1 fully saturated rings. The zero-order valence-corrected chi connectivity index (χ0v) is 15.3. The first-order valence-corrected chi connectivity index (χ1v) is 9.00. The molecular weight excluding hydrogens is 326 g/mol. The molecule has 0 saturated carbocycles. The fraction of sp³-hybridized carbons (Fsp3) is 0.333. The molecule has 5 heteroatoms. The van der Waals surface area contributed by atoms with Gasteiger partial charge < -0.3 is 10.2 Å². The van der Waals surface area contributed by atoms with Crippen LogP contribution < -0.4 is 5.32 Å². The number of amides is 2. The number of hydrogen-bond acceptors (Lipinski definition) is 3. The van der Waals surface area contributed by atoms with Gasteiger partial charge in [-0.15, -0.1) is 0 Å². The predicted octanol–water partition coefficient (Wildman–Crippen LogP) is 2.78. The Morgan fingerprint density at radius 2 is 1.65 bits per heavy atom. The molecule has 0 radical (unpaired) electrons. The summed E-state index contributed by atoms with van der Waals surface area (Å²) >= 11 is 0. The van der Waals surface area contributed by atoms with Gasteiger partial charge in [-0.25, -0.2) is 0 Å². The third-order valence-corrected chi connectivity index (χ3v) is 4.83. The average Bonchev–Trinajstić information content (AvgIpc) is 2.67. The molecule has 2 amide bonds. The van der Waals surface area contributed by atoms with Gasteiger partial charge in [0.2, 0.25) is 5.91 Å². The van der Waals surface area contributed by atoms with Gasteiger partial charge in [-0.2, -0.15) is 0 Å². The first-order valence-electron chi connectivity index (χ1n) is 9.00. The Morgan fingerprint density at radius 1 is 0.962 bits per heavy atom. The minimum absolute atomic E-state index is 0.0153. The Bertz CT molecular complexity index is 768. The van der Waals surface area contributed by atoms with E-state index in [0.717, 1.165) is 11.3 Å². The molecule has 26 heavy (non-hydrogen) atoms. The van der Waals surface area contributed by atoms with Crippen molar-refractivity contribution in [2.75, 3.05) is 31.5 Å². The molecule has 1 aliphatic rings. The quantitative estimate of drug-likeness (QED) is 0.922. The highest BCUT2D eigenvalue weighted by Gasteiger charge is 2.27. The maximum Gasteiger partial charge on any atom is 0.253 e. The molecular formula is C21H25N3O2. The summed E-state index contributed by atoms with van der Waals surface area (Å²) in [5.41, 5.74) is 2.65. The van der Waals surface area contributed by atoms with E-state index >= 15 is 0 Å². The van der Waals surface area contributed by atoms with E-state index in [4.69, 9.17) is 0 Å². The number of piperazine rings is 1. The summed E-state index contributed by atoms with van der Waals surface area (Å²) in [7, 11) is 0. The van der Waals surface area contributed by atoms with Crippen molar-refractivity contribution in [2.45, 2.75) is 19.9 Å². The molecule has 3 rings (SSSR count). The van der Waals surface area contributed by atoms with Crippen LogP contribution in [0.5, 0.6) is 0 Å². The van der Waals surface area contributed by atoms with Crippen molar-refractivity contribution >= 4 is 17.5 Å². The van der Waals surface area contributed by atoms with Crippen LogP contribution in [0, 0.1) is 6.92 Å². The van der Waals surface area contributed by atoms with Crippen LogP contribution in [-0.4, -0.2) is 53.8 Å². The summed E-state index contributed by atoms with van der Waals surface area (Å²) in [5.74, 6) is 0.0422. The number of nitrogens with one attached hydrogen (secondary N) is 1. The Morgan fingerprint density at radius 3 is 2.31 bits per heavy atom. The molecule has 1 atom stereocenters. The monoisotopic (exact) mass is 351 g/mol. The Labute approximate surface area is 154 Å². The normalized spacial score (nSPS) is 16.2. The van der Waals surface area contributed by atoms with E-state index in [1.165, 1.54) is 0 Å². The molecule has 0 bridgehead atoms. The van der Waals surface area contributed by atoms with Gasteiger partial charge in [0.05, 0.1) is 6.04 Å². The minimum Gasteiger partial charge on any atom is -0.336 e. The van der Waals surface area contributed by atoms with E-state index < -0.39 is 0 Å². The van der Waals surface area contributed by atoms with Gasteiger partial charge in [-0.1, -0.05) is 30.3 Å². The van der Waals surface area contributed by atoms with Gasteiger partial charge in [0.25, 0.3) is 5.91 Å². The third kappa shape index (κ3) is 4.29. The van der Waals surface area contributed by atoms with Crippen LogP contribution in [0.1, 0.15) is 22.8 Å². The fourth-order valence-corrected chi connectivity index (χ4v) is 3.21. The maximum atomic E-state index is 12.5. The van der Waals surface area contributed by atoms with Gasteiger partial charge in [0.1, 0.15) is 0 Å². The summed E-state index contributed by atoms with van der Waals surface area (Å²) in [6.07, 6.45) is 0. The fourth-order valence-electron chi connectivity index (χ4n) is 3.21. The second-order valence-electron chi connectivity index (χ2n) is 6.73. The number of benzene rings is 2. The predicted molar refractivity (Wildman–Crippen MR) is 103 cm³/mol. The van der Waals surface area contributed by atoms with Gasteiger partial charge in [0, 0.05) is 37.4 Å². The SMILES string of the molecule is Cc1cccc(NC(=O)[C@@H](C)N2CCN(C(=O)c3ccccc3)CC2)c1. The van der Waals surface area contributed by atoms with Crippen molar-refractivity contribution < 1.29 is 9.59 Å². The van der Waals surface area contributed by atoms with Crippen LogP contribution in [-0.2, 0) is 4.79 Å². The number of aryl methyl sites for hydroxylation is 1. The molecule has 136 valence electrons. The molecule has 2 aromatic carbocycles. The summed E-state index contributed by atoms with van der Waals surface area (Å²) in [6.45, 7) is 6.58. The molecule has 0 spiro atoms. The van der Waals surface area contributed by atoms with Crippen LogP contribution in [0.15, 0.2) is 54.6 Å². The third-order valence-electron chi connectivity index (χ3n) is 4.83. The highest BCUT2D eigenvalue weighted by molar-refractivity contribution is 5.95. The van der Waals surface area contributed by atoms with Gasteiger partial charge in [-0.05, 0) is 43.7 Å². The standard InChI is InChI=1S/C21H25N3O2/c1-16-7-6-10-19(15-16)22-20(25)17(2)23-11-13-24(14-12-23)21(26)18-8-4-3-5-9-18/h3-10,15,17H,11-14H2,1-2H3,(H,22,25)/t17-/m1/s1. The summed E-state index contributed by atoms with van der Waals surface area (Å²) in [5, 5.41) is 2.98. The maximum absolute atomic E-state index is 12.5. The lowest BCUT2D eigenvalue weighted by Gasteiger charge is -2.37. The molecule has 1 aliphatic heterocycles. The molecule has 0 unspecified atom stereocenters. The van der Waals surface area contributed by atoms with Crippen LogP contribution in [0.25, 0.3) is 0 Å². The van der Waals surface area contributed by atoms with E-state index in [0.29, 0.717) is 31.7 Å². The lowest BCUT2D eigenvalue weighted by Crippen LogP contribution is -2.54. The lowest BCUT2D eigenvalue weighted by atomic mass is 10.1. The number of anilines is 1. The van der Waals surface area contributed by atoms with E-state index in [1.807, 2.05) is 73.3 Å². The molecule has 0 aliphatic carbocycles. The van der Waals surface area contributed by atoms with Gasteiger partial charge in [-0.3, -0.25) is 14.5 Å². The Balaban J connectivity index is 1.54. The smallest absolute Gasteiger partial charge is 0.253 e. The highest BCUT2D eigenvalue weighted by atomic mass is 16.2. The van der Waals surface area contributed by atoms with E-state index in [1.54, 1.807) is 0 Å². The zero-order valence-electron chi connectivity index (χ0n) is 15.3. The number of carbonyl (C=O) groups is 2. The topological polar surface area (TPSA) is 52.7 Å². The van der Waals surface area contributed by atoms with Crippen molar-refractivity contribution in [2.24, 2.45) is 0 Å². The number of carbonyl (C=O) groups excluding carboxylic acids is 2. The summed E-state index contributed by atoms with van der Waals surface area (Å²) in [4.78, 5) is 29.0. The van der Waals surface area contributed by atoms with Gasteiger partial charge >= 0.3 is 0 Å². The zero-order chi connectivity index (χ0) is 18.5. The molecule has 1 saturated heterocycles. The molecule has 0 aromatic heterocycles. The second-order valence-corrected chi connectivity index (χ2v) is 6.73. The second kappa shape index (κ2) is 8.15. The van der Waals surface area contributed by atoms with Gasteiger partial charge in [0.15, 0.2) is 0 Å². The van der Waals surface area contributed by atoms with Crippen molar-refractivity contribution in [1.29, 1.82) is 0 Å². The largest absolute Gasteiger partial charge is 0.336 e. The first-order chi connectivity index (χ1) is 12.5. The van der Waals surface area contributed by atoms with Crippen LogP contribution >= 0.6 is 0 Å². The van der Waals surface area contributed by atoms with E-state index in [2.05, 4.69) is 10.2 Å². The number of hydrogen-bond donors (Lipinski definition) is 1. The Hall–Kier alpha value is -2.66. The number of nitrogens with zero attached hydrogens (tertiary/aromatic N) is 2. The molecule has 1 heterocycles. The minimum atomic E-state index is -0.232.